The molecule has 21 heavy (non-hydrogen) atoms. The first-order valence-corrected chi connectivity index (χ1v) is 7.45. The predicted octanol–water partition coefficient (Wildman–Crippen LogP) is 1.50. The Balaban J connectivity index is 2.31. The molecule has 0 bridgehead atoms. The van der Waals surface area contributed by atoms with Crippen LogP contribution < -0.4 is 0 Å². The van der Waals surface area contributed by atoms with Crippen LogP contribution in [-0.2, 0) is 16.6 Å². The molecular formula is C13H14N2O5S. The molecule has 0 aromatic carbocycles. The van der Waals surface area contributed by atoms with Gasteiger partial charge in [-0.3, -0.25) is 4.98 Å². The van der Waals surface area contributed by atoms with Gasteiger partial charge in [0.2, 0.25) is 15.8 Å². The molecule has 2 rings (SSSR count). The van der Waals surface area contributed by atoms with Crippen LogP contribution in [0.4, 0.5) is 0 Å². The van der Waals surface area contributed by atoms with Gasteiger partial charge in [-0.25, -0.2) is 13.2 Å². The second-order valence-corrected chi connectivity index (χ2v) is 6.47. The van der Waals surface area contributed by atoms with Gasteiger partial charge in [0.05, 0.1) is 0 Å². The Bertz CT molecular complexity index is 752. The number of aromatic nitrogens is 1. The smallest absolute Gasteiger partial charge is 0.371 e. The van der Waals surface area contributed by atoms with Crippen LogP contribution >= 0.6 is 0 Å². The second-order valence-electron chi connectivity index (χ2n) is 4.45. The van der Waals surface area contributed by atoms with E-state index in [1.165, 1.54) is 14.0 Å². The van der Waals surface area contributed by atoms with Crippen LogP contribution in [0.1, 0.15) is 21.9 Å². The van der Waals surface area contributed by atoms with E-state index >= 15 is 0 Å². The van der Waals surface area contributed by atoms with E-state index in [0.717, 1.165) is 15.9 Å². The van der Waals surface area contributed by atoms with Crippen LogP contribution in [-0.4, -0.2) is 35.8 Å². The quantitative estimate of drug-likeness (QED) is 0.898. The zero-order chi connectivity index (χ0) is 15.6. The molecule has 2 heterocycles. The monoisotopic (exact) mass is 310 g/mol. The number of pyridine rings is 1. The molecule has 0 unspecified atom stereocenters. The van der Waals surface area contributed by atoms with Crippen LogP contribution in [0.5, 0.6) is 0 Å². The molecule has 8 heteroatoms. The van der Waals surface area contributed by atoms with E-state index in [9.17, 15) is 13.2 Å². The highest BCUT2D eigenvalue weighted by Crippen LogP contribution is 2.24. The van der Waals surface area contributed by atoms with Crippen molar-refractivity contribution in [3.63, 3.8) is 0 Å². The van der Waals surface area contributed by atoms with Crippen molar-refractivity contribution in [2.75, 3.05) is 7.05 Å². The molecule has 0 aliphatic rings. The minimum absolute atomic E-state index is 0.0500. The third-order valence-corrected chi connectivity index (χ3v) is 4.84. The number of rotatable bonds is 5. The lowest BCUT2D eigenvalue weighted by Gasteiger charge is -2.16. The van der Waals surface area contributed by atoms with E-state index in [1.807, 2.05) is 0 Å². The van der Waals surface area contributed by atoms with Crippen LogP contribution in [0.3, 0.4) is 0 Å². The molecule has 2 aromatic rings. The molecule has 0 fully saturated rings. The van der Waals surface area contributed by atoms with Gasteiger partial charge in [-0.15, -0.1) is 0 Å². The molecule has 0 aliphatic carbocycles. The molecule has 0 spiro atoms. The lowest BCUT2D eigenvalue weighted by molar-refractivity contribution is 0.0661. The zero-order valence-corrected chi connectivity index (χ0v) is 12.3. The number of hydrogen-bond donors (Lipinski definition) is 1. The van der Waals surface area contributed by atoms with E-state index in [2.05, 4.69) is 4.98 Å². The minimum Gasteiger partial charge on any atom is -0.475 e. The summed E-state index contributed by atoms with van der Waals surface area (Å²) in [5.74, 6) is -1.66. The normalized spacial score (nSPS) is 11.8. The van der Waals surface area contributed by atoms with Gasteiger partial charge in [0.15, 0.2) is 0 Å². The molecule has 0 atom stereocenters. The van der Waals surface area contributed by atoms with Crippen LogP contribution in [0.15, 0.2) is 39.9 Å². The molecule has 0 saturated heterocycles. The molecule has 0 radical (unpaired) electrons. The molecule has 7 nitrogen and oxygen atoms in total. The molecule has 0 saturated carbocycles. The average molecular weight is 310 g/mol. The average Bonchev–Trinajstić information content (AvgIpc) is 2.83. The van der Waals surface area contributed by atoms with Crippen molar-refractivity contribution < 1.29 is 22.7 Å². The number of carboxylic acids is 1. The number of hydrogen-bond acceptors (Lipinski definition) is 5. The highest BCUT2D eigenvalue weighted by atomic mass is 32.2. The van der Waals surface area contributed by atoms with Crippen molar-refractivity contribution >= 4 is 16.0 Å². The number of furan rings is 1. The summed E-state index contributed by atoms with van der Waals surface area (Å²) in [4.78, 5) is 14.6. The standard InChI is InChI=1S/C13H14N2O5S/c1-9-12(7-11(20-9)13(16)17)21(18,19)15(2)8-10-3-5-14-6-4-10/h3-7H,8H2,1-2H3,(H,16,17). The number of nitrogens with zero attached hydrogens (tertiary/aromatic N) is 2. The number of carboxylic acid groups (broad SMARTS) is 1. The first-order valence-electron chi connectivity index (χ1n) is 6.01. The van der Waals surface area contributed by atoms with E-state index in [0.29, 0.717) is 0 Å². The lowest BCUT2D eigenvalue weighted by atomic mass is 10.3. The van der Waals surface area contributed by atoms with Crippen molar-refractivity contribution in [3.05, 3.63) is 47.7 Å². The maximum absolute atomic E-state index is 12.5. The largest absolute Gasteiger partial charge is 0.475 e. The number of aryl methyl sites for hydroxylation is 1. The van der Waals surface area contributed by atoms with Gasteiger partial charge in [-0.2, -0.15) is 4.31 Å². The predicted molar refractivity (Wildman–Crippen MR) is 73.3 cm³/mol. The maximum Gasteiger partial charge on any atom is 0.371 e. The fourth-order valence-electron chi connectivity index (χ4n) is 1.83. The van der Waals surface area contributed by atoms with Crippen molar-refractivity contribution in [2.24, 2.45) is 0 Å². The van der Waals surface area contributed by atoms with Gasteiger partial charge in [-0.1, -0.05) is 0 Å². The zero-order valence-electron chi connectivity index (χ0n) is 11.5. The van der Waals surface area contributed by atoms with Crippen molar-refractivity contribution in [1.82, 2.24) is 9.29 Å². The van der Waals surface area contributed by atoms with Crippen molar-refractivity contribution in [3.8, 4) is 0 Å². The lowest BCUT2D eigenvalue weighted by Crippen LogP contribution is -2.26. The molecule has 0 aliphatic heterocycles. The third-order valence-electron chi connectivity index (χ3n) is 2.93. The summed E-state index contributed by atoms with van der Waals surface area (Å²) < 4.78 is 31.0. The summed E-state index contributed by atoms with van der Waals surface area (Å²) >= 11 is 0. The van der Waals surface area contributed by atoms with E-state index in [-0.39, 0.29) is 17.2 Å². The Labute approximate surface area is 121 Å². The molecule has 112 valence electrons. The summed E-state index contributed by atoms with van der Waals surface area (Å²) in [5.41, 5.74) is 0.774. The number of sulfonamides is 1. The van der Waals surface area contributed by atoms with Crippen LogP contribution in [0.25, 0.3) is 0 Å². The maximum atomic E-state index is 12.5. The Hall–Kier alpha value is -2.19. The summed E-state index contributed by atoms with van der Waals surface area (Å²) in [6.45, 7) is 1.57. The van der Waals surface area contributed by atoms with Crippen molar-refractivity contribution in [1.29, 1.82) is 0 Å². The van der Waals surface area contributed by atoms with E-state index in [4.69, 9.17) is 9.52 Å². The molecule has 0 amide bonds. The van der Waals surface area contributed by atoms with Crippen LogP contribution in [0, 0.1) is 6.92 Å². The Kier molecular flexibility index (Phi) is 4.10. The highest BCUT2D eigenvalue weighted by Gasteiger charge is 2.27. The first-order chi connectivity index (χ1) is 9.82. The summed E-state index contributed by atoms with van der Waals surface area (Å²) in [5, 5.41) is 8.85. The van der Waals surface area contributed by atoms with Gasteiger partial charge in [0.25, 0.3) is 0 Å². The van der Waals surface area contributed by atoms with Gasteiger partial charge >= 0.3 is 5.97 Å². The molecule has 1 N–H and O–H groups in total. The second kappa shape index (κ2) is 5.66. The topological polar surface area (TPSA) is 101 Å². The fraction of sp³-hybridized carbons (Fsp3) is 0.231. The Morgan fingerprint density at radius 2 is 2.00 bits per heavy atom. The number of aromatic carboxylic acids is 1. The van der Waals surface area contributed by atoms with Crippen LogP contribution in [0.2, 0.25) is 0 Å². The van der Waals surface area contributed by atoms with E-state index < -0.39 is 21.8 Å². The molecule has 2 aromatic heterocycles. The highest BCUT2D eigenvalue weighted by molar-refractivity contribution is 7.89. The minimum atomic E-state index is -3.82. The Morgan fingerprint density at radius 1 is 1.38 bits per heavy atom. The van der Waals surface area contributed by atoms with Crippen molar-refractivity contribution in [2.45, 2.75) is 18.4 Å². The third kappa shape index (κ3) is 3.11. The van der Waals surface area contributed by atoms with Gasteiger partial charge in [0.1, 0.15) is 10.7 Å². The van der Waals surface area contributed by atoms with Gasteiger partial charge < -0.3 is 9.52 Å². The van der Waals surface area contributed by atoms with Gasteiger partial charge in [0, 0.05) is 32.1 Å². The first kappa shape index (κ1) is 15.2. The van der Waals surface area contributed by atoms with E-state index in [1.54, 1.807) is 24.5 Å². The van der Waals surface area contributed by atoms with Gasteiger partial charge in [-0.05, 0) is 24.6 Å². The molecular weight excluding hydrogens is 296 g/mol. The summed E-state index contributed by atoms with van der Waals surface area (Å²) in [6.07, 6.45) is 3.14. The number of carbonyl (C=O) groups is 1. The summed E-state index contributed by atoms with van der Waals surface area (Å²) in [6, 6.07) is 4.43. The Morgan fingerprint density at radius 3 is 2.52 bits per heavy atom. The fourth-order valence-corrected chi connectivity index (χ4v) is 3.14. The SMILES string of the molecule is Cc1oc(C(=O)O)cc1S(=O)(=O)N(C)Cc1ccncc1. The summed E-state index contributed by atoms with van der Waals surface area (Å²) in [7, 11) is -2.41.